The SMILES string of the molecule is COc1cccc(/C=C2\SC(=S)N(CC(=O)OC3CCCCC3)C2=O)c1. The highest BCUT2D eigenvalue weighted by Gasteiger charge is 2.34. The highest BCUT2D eigenvalue weighted by molar-refractivity contribution is 8.26. The Labute approximate surface area is 162 Å². The third-order valence-corrected chi connectivity index (χ3v) is 5.78. The molecule has 0 N–H and O–H groups in total. The van der Waals surface area contributed by atoms with Gasteiger partial charge in [-0.3, -0.25) is 14.5 Å². The van der Waals surface area contributed by atoms with Crippen LogP contribution in [-0.4, -0.2) is 40.9 Å². The first-order valence-corrected chi connectivity index (χ1v) is 9.88. The summed E-state index contributed by atoms with van der Waals surface area (Å²) in [5.41, 5.74) is 0.842. The molecule has 1 aromatic rings. The number of nitrogens with zero attached hydrogens (tertiary/aromatic N) is 1. The maximum Gasteiger partial charge on any atom is 0.326 e. The highest BCUT2D eigenvalue weighted by atomic mass is 32.2. The second-order valence-electron chi connectivity index (χ2n) is 6.29. The number of carbonyl (C=O) groups excluding carboxylic acids is 2. The van der Waals surface area contributed by atoms with Crippen molar-refractivity contribution in [2.24, 2.45) is 0 Å². The van der Waals surface area contributed by atoms with E-state index in [1.54, 1.807) is 13.2 Å². The average molecular weight is 392 g/mol. The molecular formula is C19H21NO4S2. The second kappa shape index (κ2) is 8.68. The van der Waals surface area contributed by atoms with Crippen molar-refractivity contribution < 1.29 is 19.1 Å². The summed E-state index contributed by atoms with van der Waals surface area (Å²) in [7, 11) is 1.59. The third-order valence-electron chi connectivity index (χ3n) is 4.40. The lowest BCUT2D eigenvalue weighted by Gasteiger charge is -2.23. The number of hydrogen-bond donors (Lipinski definition) is 0. The van der Waals surface area contributed by atoms with Crippen LogP contribution in [0.25, 0.3) is 6.08 Å². The molecule has 0 atom stereocenters. The lowest BCUT2D eigenvalue weighted by Crippen LogP contribution is -2.36. The first-order valence-electron chi connectivity index (χ1n) is 8.66. The number of methoxy groups -OCH3 is 1. The first-order chi connectivity index (χ1) is 12.6. The summed E-state index contributed by atoms with van der Waals surface area (Å²) in [6.45, 7) is -0.128. The molecule has 1 heterocycles. The number of hydrogen-bond acceptors (Lipinski definition) is 6. The molecule has 1 aliphatic heterocycles. The van der Waals surface area contributed by atoms with E-state index in [0.29, 0.717) is 15.0 Å². The topological polar surface area (TPSA) is 55.8 Å². The molecule has 1 saturated carbocycles. The summed E-state index contributed by atoms with van der Waals surface area (Å²) in [6.07, 6.45) is 6.90. The molecule has 1 saturated heterocycles. The fourth-order valence-corrected chi connectivity index (χ4v) is 4.31. The molecule has 0 unspecified atom stereocenters. The van der Waals surface area contributed by atoms with Crippen LogP contribution >= 0.6 is 24.0 Å². The van der Waals surface area contributed by atoms with Crippen molar-refractivity contribution >= 4 is 46.3 Å². The molecule has 0 radical (unpaired) electrons. The maximum absolute atomic E-state index is 12.6. The van der Waals surface area contributed by atoms with Gasteiger partial charge in [-0.2, -0.15) is 0 Å². The number of rotatable bonds is 5. The summed E-state index contributed by atoms with van der Waals surface area (Å²) >= 11 is 6.48. The van der Waals surface area contributed by atoms with Crippen molar-refractivity contribution in [1.29, 1.82) is 0 Å². The number of ether oxygens (including phenoxy) is 2. The van der Waals surface area contributed by atoms with Crippen molar-refractivity contribution in [2.75, 3.05) is 13.7 Å². The Morgan fingerprint density at radius 3 is 2.85 bits per heavy atom. The van der Waals surface area contributed by atoms with Crippen LogP contribution in [0.1, 0.15) is 37.7 Å². The number of esters is 1. The minimum atomic E-state index is -0.393. The zero-order valence-electron chi connectivity index (χ0n) is 14.6. The van der Waals surface area contributed by atoms with Crippen molar-refractivity contribution in [1.82, 2.24) is 4.90 Å². The molecule has 1 amide bonds. The monoisotopic (exact) mass is 391 g/mol. The van der Waals surface area contributed by atoms with Crippen molar-refractivity contribution in [2.45, 2.75) is 38.2 Å². The lowest BCUT2D eigenvalue weighted by atomic mass is 9.98. The molecular weight excluding hydrogens is 370 g/mol. The Balaban J connectivity index is 1.64. The molecule has 5 nitrogen and oxygen atoms in total. The minimum absolute atomic E-state index is 0.0259. The van der Waals surface area contributed by atoms with Crippen LogP contribution in [-0.2, 0) is 14.3 Å². The van der Waals surface area contributed by atoms with Gasteiger partial charge in [0.25, 0.3) is 5.91 Å². The predicted molar refractivity (Wildman–Crippen MR) is 106 cm³/mol. The van der Waals surface area contributed by atoms with Crippen LogP contribution in [0, 0.1) is 0 Å². The second-order valence-corrected chi connectivity index (χ2v) is 7.97. The fourth-order valence-electron chi connectivity index (χ4n) is 3.05. The van der Waals surface area contributed by atoms with E-state index < -0.39 is 5.97 Å². The van der Waals surface area contributed by atoms with E-state index in [9.17, 15) is 9.59 Å². The Bertz CT molecular complexity index is 741. The maximum atomic E-state index is 12.6. The van der Waals surface area contributed by atoms with Gasteiger partial charge in [0, 0.05) is 0 Å². The van der Waals surface area contributed by atoms with E-state index in [1.165, 1.54) is 23.1 Å². The van der Waals surface area contributed by atoms with Gasteiger partial charge in [0.1, 0.15) is 22.7 Å². The molecule has 1 aliphatic carbocycles. The molecule has 3 rings (SSSR count). The number of benzene rings is 1. The lowest BCUT2D eigenvalue weighted by molar-refractivity contribution is -0.152. The van der Waals surface area contributed by atoms with E-state index in [1.807, 2.05) is 24.3 Å². The van der Waals surface area contributed by atoms with Crippen LogP contribution in [0.15, 0.2) is 29.2 Å². The van der Waals surface area contributed by atoms with Crippen LogP contribution in [0.5, 0.6) is 5.75 Å². The van der Waals surface area contributed by atoms with Gasteiger partial charge < -0.3 is 9.47 Å². The van der Waals surface area contributed by atoms with Gasteiger partial charge in [0.05, 0.1) is 12.0 Å². The Kier molecular flexibility index (Phi) is 6.32. The zero-order valence-corrected chi connectivity index (χ0v) is 16.2. The van der Waals surface area contributed by atoms with Crippen LogP contribution in [0.2, 0.25) is 0 Å². The van der Waals surface area contributed by atoms with Crippen molar-refractivity contribution in [3.05, 3.63) is 34.7 Å². The normalized spacial score (nSPS) is 19.9. The van der Waals surface area contributed by atoms with Gasteiger partial charge in [-0.15, -0.1) is 0 Å². The summed E-state index contributed by atoms with van der Waals surface area (Å²) < 4.78 is 11.1. The van der Waals surface area contributed by atoms with Gasteiger partial charge in [0.15, 0.2) is 0 Å². The van der Waals surface area contributed by atoms with Crippen LogP contribution in [0.3, 0.4) is 0 Å². The van der Waals surface area contributed by atoms with Gasteiger partial charge in [-0.1, -0.05) is 42.5 Å². The van der Waals surface area contributed by atoms with E-state index in [-0.39, 0.29) is 18.6 Å². The molecule has 138 valence electrons. The van der Waals surface area contributed by atoms with E-state index in [2.05, 4.69) is 0 Å². The largest absolute Gasteiger partial charge is 0.497 e. The van der Waals surface area contributed by atoms with Crippen molar-refractivity contribution in [3.8, 4) is 5.75 Å². The smallest absolute Gasteiger partial charge is 0.326 e. The molecule has 0 bridgehead atoms. The minimum Gasteiger partial charge on any atom is -0.497 e. The number of thioether (sulfide) groups is 1. The molecule has 26 heavy (non-hydrogen) atoms. The van der Waals surface area contributed by atoms with Gasteiger partial charge >= 0.3 is 5.97 Å². The first kappa shape index (κ1) is 18.9. The van der Waals surface area contributed by atoms with Gasteiger partial charge in [-0.25, -0.2) is 0 Å². The van der Waals surface area contributed by atoms with E-state index in [0.717, 1.165) is 31.2 Å². The van der Waals surface area contributed by atoms with Crippen LogP contribution < -0.4 is 4.74 Å². The molecule has 1 aromatic carbocycles. The Morgan fingerprint density at radius 2 is 2.12 bits per heavy atom. The Hall–Kier alpha value is -1.86. The van der Waals surface area contributed by atoms with Crippen molar-refractivity contribution in [3.63, 3.8) is 0 Å². The highest BCUT2D eigenvalue weighted by Crippen LogP contribution is 2.33. The molecule has 2 fully saturated rings. The summed E-state index contributed by atoms with van der Waals surface area (Å²) in [5.74, 6) is 0.0598. The molecule has 2 aliphatic rings. The standard InChI is InChI=1S/C19H21NO4S2/c1-23-15-9-5-6-13(10-15)11-16-18(22)20(19(25)26-16)12-17(21)24-14-7-3-2-4-8-14/h5-6,9-11,14H,2-4,7-8,12H2,1H3/b16-11-. The molecule has 7 heteroatoms. The number of carbonyl (C=O) groups is 2. The summed E-state index contributed by atoms with van der Waals surface area (Å²) in [6, 6.07) is 7.41. The summed E-state index contributed by atoms with van der Waals surface area (Å²) in [4.78, 5) is 26.6. The predicted octanol–water partition coefficient (Wildman–Crippen LogP) is 3.77. The number of amides is 1. The number of thiocarbonyl (C=S) groups is 1. The Morgan fingerprint density at radius 1 is 1.35 bits per heavy atom. The van der Waals surface area contributed by atoms with Gasteiger partial charge in [0.2, 0.25) is 0 Å². The zero-order chi connectivity index (χ0) is 18.5. The third kappa shape index (κ3) is 4.65. The summed E-state index contributed by atoms with van der Waals surface area (Å²) in [5, 5.41) is 0. The molecule has 0 aromatic heterocycles. The quantitative estimate of drug-likeness (QED) is 0.433. The fraction of sp³-hybridized carbons (Fsp3) is 0.421. The van der Waals surface area contributed by atoms with Crippen LogP contribution in [0.4, 0.5) is 0 Å². The van der Waals surface area contributed by atoms with E-state index in [4.69, 9.17) is 21.7 Å². The molecule has 0 spiro atoms. The average Bonchev–Trinajstić information content (AvgIpc) is 2.90. The van der Waals surface area contributed by atoms with E-state index >= 15 is 0 Å². The van der Waals surface area contributed by atoms with Gasteiger partial charge in [-0.05, 0) is 49.5 Å².